The van der Waals surface area contributed by atoms with E-state index >= 15 is 4.79 Å². The number of hydrogen-bond donors (Lipinski definition) is 23. The molecule has 0 radical (unpaired) electrons. The van der Waals surface area contributed by atoms with E-state index in [1.807, 2.05) is 13.8 Å². The SMILES string of the molecule is CC1OC(OC2C(C)OC(OC(=O)[C@]34CCC(C)(C)CC3C3=CCC5[C@@]6(C)CC[C@H](OC7OC(C(=O)NCCN8C(=O)C=CC8=O)C(O)C(OC8OCC(O)C(O)C8O)C7OC7OC(CO)C(O)C(O)C7O)[C@@](C)(C=O)C6CC[C@@]5(C)[C@]3(C)C[C@H]4O)C(OC3OC(C)C(OC4OCC(O)C(OC5OC(CO)C(O)C(C)C5O)C4O)C(O)C3O)C2O)C(O)C(OC2CCC(O)C(O)C2O)C1O. The van der Waals surface area contributed by atoms with Crippen molar-refractivity contribution in [3.8, 4) is 0 Å². The number of aliphatic hydroxyl groups is 22. The third-order valence-electron chi connectivity index (χ3n) is 33.0. The second kappa shape index (κ2) is 40.7. The quantitative estimate of drug-likeness (QED) is 0.0133. The molecule has 768 valence electrons. The Kier molecular flexibility index (Phi) is 31.7. The summed E-state index contributed by atoms with van der Waals surface area (Å²) >= 11 is 0. The highest BCUT2D eigenvalue weighted by molar-refractivity contribution is 6.12. The minimum atomic E-state index is -2.23. The van der Waals surface area contributed by atoms with Crippen LogP contribution in [0.3, 0.4) is 0 Å². The first-order valence-electron chi connectivity index (χ1n) is 47.0. The van der Waals surface area contributed by atoms with Crippen molar-refractivity contribution in [1.29, 1.82) is 0 Å². The maximum Gasteiger partial charge on any atom is 0.317 e. The van der Waals surface area contributed by atoms with Crippen molar-refractivity contribution in [2.75, 3.05) is 39.5 Å². The summed E-state index contributed by atoms with van der Waals surface area (Å²) in [5.74, 6) is -6.10. The number of nitrogens with zero attached hydrogens (tertiary/aromatic N) is 1. The van der Waals surface area contributed by atoms with E-state index in [2.05, 4.69) is 32.2 Å². The molecule has 23 N–H and O–H groups in total. The van der Waals surface area contributed by atoms with E-state index in [0.717, 1.165) is 28.9 Å². The number of aliphatic hydroxyl groups excluding tert-OH is 22. The zero-order valence-corrected chi connectivity index (χ0v) is 76.7. The minimum absolute atomic E-state index is 0.0202. The average molecular weight is 1940 g/mol. The number of ether oxygens (including phenoxy) is 17. The van der Waals surface area contributed by atoms with Gasteiger partial charge in [-0.1, -0.05) is 60.1 Å². The molecule has 3 amide bonds. The molecule has 0 aromatic rings. The lowest BCUT2D eigenvalue weighted by atomic mass is 9.33. The Bertz CT molecular complexity index is 4160. The fourth-order valence-electron chi connectivity index (χ4n) is 24.6. The van der Waals surface area contributed by atoms with Gasteiger partial charge in [0.05, 0.1) is 80.7 Å². The third kappa shape index (κ3) is 19.0. The highest BCUT2D eigenvalue weighted by Gasteiger charge is 2.74. The summed E-state index contributed by atoms with van der Waals surface area (Å²) in [6.07, 6.45) is -69.0. The molecular formula is C89H138N2O44. The monoisotopic (exact) mass is 1940 g/mol. The molecule has 46 nitrogen and oxygen atoms in total. The molecule has 0 aromatic heterocycles. The van der Waals surface area contributed by atoms with Crippen LogP contribution in [0.5, 0.6) is 0 Å². The van der Waals surface area contributed by atoms with Gasteiger partial charge in [0.1, 0.15) is 164 Å². The van der Waals surface area contributed by atoms with E-state index in [1.54, 1.807) is 6.92 Å². The lowest BCUT2D eigenvalue weighted by Crippen LogP contribution is -2.70. The minimum Gasteiger partial charge on any atom is -0.432 e. The third-order valence-corrected chi connectivity index (χ3v) is 33.0. The summed E-state index contributed by atoms with van der Waals surface area (Å²) in [7, 11) is 0. The summed E-state index contributed by atoms with van der Waals surface area (Å²) in [6, 6.07) is 0. The Morgan fingerprint density at radius 2 is 1.01 bits per heavy atom. The molecule has 135 heavy (non-hydrogen) atoms. The van der Waals surface area contributed by atoms with Crippen molar-refractivity contribution in [2.45, 2.75) is 404 Å². The van der Waals surface area contributed by atoms with Gasteiger partial charge < -0.3 is 203 Å². The summed E-state index contributed by atoms with van der Waals surface area (Å²) in [5.41, 5.74) is -5.58. The molecule has 45 unspecified atom stereocenters. The standard InChI is InChI=1S/C89H138N2O44/c1-32-50(101)42(27-92)125-77(51(32)102)130-68-40(97)30-120-76(64(68)115)128-66-34(3)122-78(61(112)58(66)109)133-72-62(113)67(129-80-65(116)69(52(103)33(2)121-80)124-41-13-12-38(95)53(104)55(41)106)35(4)123-81(72)135-83(118)89-22-21-84(5,6)25-37(89)36-11-14-45-85(7)19-18-47(86(8,31-94)44(85)17-20-87(45,9)88(36,10)26-46(89)98)127-82-73(134-79-60(111)57(108)56(107)43(28-93)126-79)70(131-75-59(110)54(105)39(96)29-119-75)63(114)71(132-82)74(117)90-23-24-91-48(99)15-16-49(91)100/h11,15-16,31-35,37-47,50-73,75-82,92-93,95-98,101-116H,12-14,17-30H2,1-10H3,(H,90,117)/t32?,33?,34?,35?,37?,38?,39?,40?,41?,42?,43?,44?,45?,46-,47+,50?,51?,52?,53?,54?,55?,56?,57?,58?,59?,60?,61?,62?,63?,64?,65?,66?,67?,68?,69?,70?,71?,72?,73?,75?,76?,77?,78?,79?,80?,81?,82?,85+,86+,87-,88-,89-/m1/s1. The van der Waals surface area contributed by atoms with Crippen molar-refractivity contribution in [3.05, 3.63) is 23.8 Å². The average Bonchev–Trinajstić information content (AvgIpc) is 0.717. The van der Waals surface area contributed by atoms with Crippen LogP contribution in [0.4, 0.5) is 0 Å². The van der Waals surface area contributed by atoms with Crippen LogP contribution in [0.2, 0.25) is 0 Å². The largest absolute Gasteiger partial charge is 0.432 e. The van der Waals surface area contributed by atoms with Crippen LogP contribution < -0.4 is 5.32 Å². The van der Waals surface area contributed by atoms with E-state index in [1.165, 1.54) is 27.7 Å². The van der Waals surface area contributed by atoms with Crippen molar-refractivity contribution < 1.29 is 217 Å². The number of amides is 3. The molecule has 5 saturated carbocycles. The van der Waals surface area contributed by atoms with E-state index < -0.39 is 371 Å². The summed E-state index contributed by atoms with van der Waals surface area (Å²) in [4.78, 5) is 71.6. The zero-order valence-electron chi connectivity index (χ0n) is 76.7. The number of carbonyl (C=O) groups excluding carboxylic acids is 5. The maximum atomic E-state index is 16.4. The number of carbonyl (C=O) groups is 5. The van der Waals surface area contributed by atoms with Crippen LogP contribution in [-0.2, 0) is 104 Å². The van der Waals surface area contributed by atoms with Crippen LogP contribution in [-0.4, -0.2) is 451 Å². The Balaban J connectivity index is 0.706. The number of fused-ring (bicyclic) bond motifs is 7. The van der Waals surface area contributed by atoms with E-state index in [4.69, 9.17) is 80.5 Å². The number of nitrogens with one attached hydrogen (secondary N) is 1. The molecule has 52 atom stereocenters. The van der Waals surface area contributed by atoms with Gasteiger partial charge in [-0.15, -0.1) is 0 Å². The summed E-state index contributed by atoms with van der Waals surface area (Å²) < 4.78 is 105. The Hall–Kier alpha value is -4.29. The van der Waals surface area contributed by atoms with Crippen LogP contribution >= 0.6 is 0 Å². The molecule has 0 aromatic carbocycles. The molecule has 0 bridgehead atoms. The van der Waals surface area contributed by atoms with Gasteiger partial charge in [0.2, 0.25) is 6.29 Å². The summed E-state index contributed by atoms with van der Waals surface area (Å²) in [5, 5.41) is 252. The zero-order chi connectivity index (χ0) is 98.2. The first-order chi connectivity index (χ1) is 63.5. The number of aldehydes is 1. The van der Waals surface area contributed by atoms with Gasteiger partial charge in [0.25, 0.3) is 17.7 Å². The number of esters is 1. The lowest BCUT2D eigenvalue weighted by molar-refractivity contribution is -0.391. The van der Waals surface area contributed by atoms with Crippen molar-refractivity contribution >= 4 is 30.0 Å². The highest BCUT2D eigenvalue weighted by atomic mass is 16.8. The van der Waals surface area contributed by atoms with Gasteiger partial charge in [0, 0.05) is 31.2 Å². The number of imide groups is 1. The van der Waals surface area contributed by atoms with Gasteiger partial charge >= 0.3 is 5.97 Å². The molecule has 9 aliphatic heterocycles. The van der Waals surface area contributed by atoms with Gasteiger partial charge in [-0.25, -0.2) is 0 Å². The second-order valence-electron chi connectivity index (χ2n) is 41.6. The fraction of sp³-hybridized carbons (Fsp3) is 0.899. The van der Waals surface area contributed by atoms with Gasteiger partial charge in [-0.2, -0.15) is 0 Å². The van der Waals surface area contributed by atoms with Crippen LogP contribution in [0.15, 0.2) is 23.8 Å². The fourth-order valence-corrected chi connectivity index (χ4v) is 24.6. The van der Waals surface area contributed by atoms with E-state index in [-0.39, 0.29) is 44.6 Å². The second-order valence-corrected chi connectivity index (χ2v) is 41.6. The van der Waals surface area contributed by atoms with Crippen LogP contribution in [0, 0.1) is 56.2 Å². The molecule has 8 saturated heterocycles. The van der Waals surface area contributed by atoms with Crippen molar-refractivity contribution in [2.24, 2.45) is 56.2 Å². The van der Waals surface area contributed by atoms with E-state index in [9.17, 15) is 132 Å². The molecule has 15 aliphatic rings. The van der Waals surface area contributed by atoms with Gasteiger partial charge in [-0.05, 0) is 131 Å². The normalized spacial score (nSPS) is 52.9. The van der Waals surface area contributed by atoms with Crippen molar-refractivity contribution in [3.63, 3.8) is 0 Å². The highest BCUT2D eigenvalue weighted by Crippen LogP contribution is 2.76. The predicted molar refractivity (Wildman–Crippen MR) is 444 cm³/mol. The maximum absolute atomic E-state index is 16.4. The predicted octanol–water partition coefficient (Wildman–Crippen LogP) is -8.63. The Morgan fingerprint density at radius 3 is 1.67 bits per heavy atom. The number of rotatable bonds is 25. The smallest absolute Gasteiger partial charge is 0.317 e. The molecule has 46 heteroatoms. The molecule has 6 aliphatic carbocycles. The van der Waals surface area contributed by atoms with E-state index in [0.29, 0.717) is 38.5 Å². The molecule has 0 spiro atoms. The topological polar surface area (TPSA) is 703 Å². The molecule has 9 heterocycles. The van der Waals surface area contributed by atoms with Gasteiger partial charge in [-0.3, -0.25) is 24.1 Å². The lowest BCUT2D eigenvalue weighted by Gasteiger charge is -2.71. The molecule has 13 fully saturated rings. The Labute approximate surface area is 777 Å². The first kappa shape index (κ1) is 105. The van der Waals surface area contributed by atoms with Gasteiger partial charge in [0.15, 0.2) is 56.2 Å². The van der Waals surface area contributed by atoms with Crippen molar-refractivity contribution in [1.82, 2.24) is 10.2 Å². The summed E-state index contributed by atoms with van der Waals surface area (Å²) in [6.45, 7) is 14.1. The Morgan fingerprint density at radius 1 is 0.459 bits per heavy atom. The first-order valence-corrected chi connectivity index (χ1v) is 47.0. The molecular weight excluding hydrogens is 1800 g/mol. The van der Waals surface area contributed by atoms with Crippen LogP contribution in [0.25, 0.3) is 0 Å². The molecule has 15 rings (SSSR count). The number of hydrogen-bond acceptors (Lipinski definition) is 44. The number of allylic oxidation sites excluding steroid dienone is 2. The van der Waals surface area contributed by atoms with Crippen LogP contribution in [0.1, 0.15) is 140 Å².